The highest BCUT2D eigenvalue weighted by molar-refractivity contribution is 6.12. The summed E-state index contributed by atoms with van der Waals surface area (Å²) in [7, 11) is 0. The number of aromatic hydroxyl groups is 3. The van der Waals surface area contributed by atoms with E-state index < -0.39 is 11.5 Å². The molecule has 0 aliphatic heterocycles. The van der Waals surface area contributed by atoms with Gasteiger partial charge in [-0.1, -0.05) is 42.0 Å². The monoisotopic (exact) mass is 298 g/mol. The van der Waals surface area contributed by atoms with Gasteiger partial charge in [0, 0.05) is 17.2 Å². The van der Waals surface area contributed by atoms with Crippen molar-refractivity contribution in [3.05, 3.63) is 64.7 Å². The molecule has 3 N–H and O–H groups in total. The van der Waals surface area contributed by atoms with E-state index in [0.29, 0.717) is 5.56 Å². The minimum atomic E-state index is -0.492. The second-order valence-corrected chi connectivity index (χ2v) is 5.30. The molecule has 114 valence electrons. The second kappa shape index (κ2) is 6.35. The topological polar surface area (TPSA) is 77.8 Å². The van der Waals surface area contributed by atoms with Gasteiger partial charge in [-0.2, -0.15) is 0 Å². The van der Waals surface area contributed by atoms with Crippen LogP contribution in [-0.2, 0) is 6.42 Å². The van der Waals surface area contributed by atoms with Gasteiger partial charge < -0.3 is 15.3 Å². The van der Waals surface area contributed by atoms with Crippen molar-refractivity contribution in [3.8, 4) is 17.2 Å². The predicted molar refractivity (Wildman–Crippen MR) is 84.4 cm³/mol. The molecule has 0 aromatic heterocycles. The quantitative estimate of drug-likeness (QED) is 0.596. The molecular weight excluding hydrogens is 280 g/mol. The SMILES string of the molecule is CC(C)=CCc1c(O)cc(O)c(C(=O)c2ccccc2)c1O. The molecule has 0 heterocycles. The van der Waals surface area contributed by atoms with Crippen LogP contribution in [0.4, 0.5) is 0 Å². The Bertz CT molecular complexity index is 726. The van der Waals surface area contributed by atoms with Gasteiger partial charge in [-0.05, 0) is 20.3 Å². The molecule has 2 rings (SSSR count). The number of hydrogen-bond donors (Lipinski definition) is 3. The van der Waals surface area contributed by atoms with E-state index in [-0.39, 0.29) is 29.0 Å². The summed E-state index contributed by atoms with van der Waals surface area (Å²) >= 11 is 0. The van der Waals surface area contributed by atoms with E-state index in [4.69, 9.17) is 0 Å². The normalized spacial score (nSPS) is 10.3. The maximum atomic E-state index is 12.5. The Morgan fingerprint density at radius 1 is 1.05 bits per heavy atom. The molecule has 0 saturated heterocycles. The number of carbonyl (C=O) groups excluding carboxylic acids is 1. The van der Waals surface area contributed by atoms with Gasteiger partial charge in [-0.15, -0.1) is 0 Å². The van der Waals surface area contributed by atoms with Crippen LogP contribution < -0.4 is 0 Å². The third kappa shape index (κ3) is 3.11. The fourth-order valence-corrected chi connectivity index (χ4v) is 2.15. The van der Waals surface area contributed by atoms with Gasteiger partial charge in [-0.3, -0.25) is 4.79 Å². The molecule has 4 heteroatoms. The zero-order valence-electron chi connectivity index (χ0n) is 12.5. The molecule has 0 amide bonds. The first-order chi connectivity index (χ1) is 10.4. The summed E-state index contributed by atoms with van der Waals surface area (Å²) < 4.78 is 0. The van der Waals surface area contributed by atoms with Gasteiger partial charge in [0.05, 0.1) is 0 Å². The number of phenolic OH excluding ortho intramolecular Hbond substituents is 3. The van der Waals surface area contributed by atoms with Gasteiger partial charge in [-0.25, -0.2) is 0 Å². The Morgan fingerprint density at radius 3 is 2.27 bits per heavy atom. The summed E-state index contributed by atoms with van der Waals surface area (Å²) in [5.74, 6) is -1.56. The number of ketones is 1. The molecule has 0 spiro atoms. The number of phenols is 3. The van der Waals surface area contributed by atoms with Crippen LogP contribution >= 0.6 is 0 Å². The van der Waals surface area contributed by atoms with Crippen molar-refractivity contribution in [2.75, 3.05) is 0 Å². The molecule has 0 unspecified atom stereocenters. The fraction of sp³-hybridized carbons (Fsp3) is 0.167. The molecule has 0 radical (unpaired) electrons. The summed E-state index contributed by atoms with van der Waals surface area (Å²) in [5, 5.41) is 30.2. The van der Waals surface area contributed by atoms with Gasteiger partial charge >= 0.3 is 0 Å². The van der Waals surface area contributed by atoms with Crippen LogP contribution in [-0.4, -0.2) is 21.1 Å². The smallest absolute Gasteiger partial charge is 0.200 e. The summed E-state index contributed by atoms with van der Waals surface area (Å²) in [4.78, 5) is 12.5. The van der Waals surface area contributed by atoms with Crippen molar-refractivity contribution in [1.29, 1.82) is 0 Å². The lowest BCUT2D eigenvalue weighted by atomic mass is 9.96. The van der Waals surface area contributed by atoms with E-state index in [1.807, 2.05) is 19.9 Å². The van der Waals surface area contributed by atoms with Crippen molar-refractivity contribution >= 4 is 5.78 Å². The van der Waals surface area contributed by atoms with Crippen molar-refractivity contribution in [3.63, 3.8) is 0 Å². The van der Waals surface area contributed by atoms with E-state index in [0.717, 1.165) is 11.6 Å². The summed E-state index contributed by atoms with van der Waals surface area (Å²) in [6.45, 7) is 3.79. The van der Waals surface area contributed by atoms with Gasteiger partial charge in [0.25, 0.3) is 0 Å². The van der Waals surface area contributed by atoms with Crippen molar-refractivity contribution in [2.24, 2.45) is 0 Å². The Kier molecular flexibility index (Phi) is 4.51. The lowest BCUT2D eigenvalue weighted by Crippen LogP contribution is -2.04. The highest BCUT2D eigenvalue weighted by atomic mass is 16.3. The first-order valence-electron chi connectivity index (χ1n) is 6.91. The van der Waals surface area contributed by atoms with Crippen molar-refractivity contribution in [1.82, 2.24) is 0 Å². The number of carbonyl (C=O) groups is 1. The van der Waals surface area contributed by atoms with E-state index in [1.54, 1.807) is 30.3 Å². The highest BCUT2D eigenvalue weighted by Crippen LogP contribution is 2.39. The lowest BCUT2D eigenvalue weighted by molar-refractivity contribution is 0.103. The average Bonchev–Trinajstić information content (AvgIpc) is 2.47. The molecule has 22 heavy (non-hydrogen) atoms. The fourth-order valence-electron chi connectivity index (χ4n) is 2.15. The van der Waals surface area contributed by atoms with E-state index in [9.17, 15) is 20.1 Å². The van der Waals surface area contributed by atoms with Crippen LogP contribution in [0.5, 0.6) is 17.2 Å². The minimum Gasteiger partial charge on any atom is -0.507 e. The summed E-state index contributed by atoms with van der Waals surface area (Å²) in [6.07, 6.45) is 2.10. The Labute approximate surface area is 129 Å². The maximum Gasteiger partial charge on any atom is 0.200 e. The maximum absolute atomic E-state index is 12.5. The van der Waals surface area contributed by atoms with Gasteiger partial charge in [0.2, 0.25) is 5.78 Å². The van der Waals surface area contributed by atoms with Crippen LogP contribution in [0.2, 0.25) is 0 Å². The molecule has 0 aliphatic rings. The Morgan fingerprint density at radius 2 is 1.68 bits per heavy atom. The largest absolute Gasteiger partial charge is 0.507 e. The molecule has 0 saturated carbocycles. The van der Waals surface area contributed by atoms with Crippen molar-refractivity contribution < 1.29 is 20.1 Å². The molecule has 0 aliphatic carbocycles. The van der Waals surface area contributed by atoms with E-state index in [1.165, 1.54) is 0 Å². The van der Waals surface area contributed by atoms with Crippen LogP contribution in [0.15, 0.2) is 48.0 Å². The first kappa shape index (κ1) is 15.6. The number of rotatable bonds is 4. The number of hydrogen-bond acceptors (Lipinski definition) is 4. The number of benzene rings is 2. The molecule has 2 aromatic rings. The van der Waals surface area contributed by atoms with Crippen LogP contribution in [0.3, 0.4) is 0 Å². The van der Waals surface area contributed by atoms with Crippen LogP contribution in [0.1, 0.15) is 35.3 Å². The van der Waals surface area contributed by atoms with E-state index >= 15 is 0 Å². The molecular formula is C18H18O4. The molecule has 0 bridgehead atoms. The standard InChI is InChI=1S/C18H18O4/c1-11(2)8-9-13-14(19)10-15(20)16(18(13)22)17(21)12-6-4-3-5-7-12/h3-8,10,19-20,22H,9H2,1-2H3. The average molecular weight is 298 g/mol. The molecule has 0 fully saturated rings. The zero-order valence-corrected chi connectivity index (χ0v) is 12.5. The highest BCUT2D eigenvalue weighted by Gasteiger charge is 2.23. The third-order valence-corrected chi connectivity index (χ3v) is 3.34. The zero-order chi connectivity index (χ0) is 16.3. The number of allylic oxidation sites excluding steroid dienone is 2. The Hall–Kier alpha value is -2.75. The minimum absolute atomic E-state index is 0.193. The Balaban J connectivity index is 2.54. The first-order valence-corrected chi connectivity index (χ1v) is 6.91. The second-order valence-electron chi connectivity index (χ2n) is 5.30. The van der Waals surface area contributed by atoms with Gasteiger partial charge in [0.1, 0.15) is 22.8 Å². The summed E-state index contributed by atoms with van der Waals surface area (Å²) in [6, 6.07) is 9.46. The van der Waals surface area contributed by atoms with Crippen LogP contribution in [0.25, 0.3) is 0 Å². The molecule has 0 atom stereocenters. The van der Waals surface area contributed by atoms with Crippen molar-refractivity contribution in [2.45, 2.75) is 20.3 Å². The third-order valence-electron chi connectivity index (χ3n) is 3.34. The van der Waals surface area contributed by atoms with E-state index in [2.05, 4.69) is 0 Å². The summed E-state index contributed by atoms with van der Waals surface area (Å²) in [5.41, 5.74) is 1.40. The van der Waals surface area contributed by atoms with Crippen LogP contribution in [0, 0.1) is 0 Å². The molecule has 4 nitrogen and oxygen atoms in total. The predicted octanol–water partition coefficient (Wildman–Crippen LogP) is 3.54. The lowest BCUT2D eigenvalue weighted by Gasteiger charge is -2.12. The van der Waals surface area contributed by atoms with Gasteiger partial charge in [0.15, 0.2) is 0 Å². The molecule has 2 aromatic carbocycles.